The second-order valence-electron chi connectivity index (χ2n) is 7.89. The summed E-state index contributed by atoms with van der Waals surface area (Å²) in [5.41, 5.74) is 2.84. The van der Waals surface area contributed by atoms with Crippen LogP contribution in [0, 0.1) is 5.92 Å². The third-order valence-corrected chi connectivity index (χ3v) is 5.65. The van der Waals surface area contributed by atoms with E-state index in [1.807, 2.05) is 35.3 Å². The predicted octanol–water partition coefficient (Wildman–Crippen LogP) is 1.96. The molecule has 5 rings (SSSR count). The van der Waals surface area contributed by atoms with Crippen molar-refractivity contribution < 1.29 is 9.84 Å². The fourth-order valence-electron chi connectivity index (χ4n) is 3.93. The molecule has 1 atom stereocenters. The van der Waals surface area contributed by atoms with Gasteiger partial charge in [0.25, 0.3) is 0 Å². The van der Waals surface area contributed by atoms with Crippen LogP contribution in [0.3, 0.4) is 0 Å². The van der Waals surface area contributed by atoms with Crippen molar-refractivity contribution in [3.63, 3.8) is 0 Å². The van der Waals surface area contributed by atoms with Gasteiger partial charge >= 0.3 is 0 Å². The lowest BCUT2D eigenvalue weighted by molar-refractivity contribution is 0.202. The van der Waals surface area contributed by atoms with Crippen LogP contribution < -0.4 is 15.4 Å². The second kappa shape index (κ2) is 7.58. The smallest absolute Gasteiger partial charge is 0.138 e. The molecule has 0 amide bonds. The summed E-state index contributed by atoms with van der Waals surface area (Å²) in [6.07, 6.45) is 8.73. The van der Waals surface area contributed by atoms with Crippen LogP contribution in [0.25, 0.3) is 17.3 Å². The molecule has 0 saturated heterocycles. The minimum Gasteiger partial charge on any atom is -0.492 e. The number of aromatic nitrogens is 2. The summed E-state index contributed by atoms with van der Waals surface area (Å²) in [5, 5.41) is 21.3. The number of benzene rings is 1. The van der Waals surface area contributed by atoms with Crippen molar-refractivity contribution in [1.82, 2.24) is 20.0 Å². The minimum absolute atomic E-state index is 0.0149. The van der Waals surface area contributed by atoms with Crippen molar-refractivity contribution in [3.05, 3.63) is 36.0 Å². The summed E-state index contributed by atoms with van der Waals surface area (Å²) in [6, 6.07) is 5.96. The number of rotatable bonds is 3. The molecule has 28 heavy (non-hydrogen) atoms. The van der Waals surface area contributed by atoms with E-state index in [-0.39, 0.29) is 12.8 Å². The summed E-state index contributed by atoms with van der Waals surface area (Å²) < 4.78 is 7.94. The van der Waals surface area contributed by atoms with Gasteiger partial charge in [-0.2, -0.15) is 5.10 Å². The van der Waals surface area contributed by atoms with E-state index >= 15 is 0 Å². The van der Waals surface area contributed by atoms with Gasteiger partial charge in [-0.25, -0.2) is 4.68 Å². The van der Waals surface area contributed by atoms with Crippen LogP contribution >= 0.6 is 0 Å². The van der Waals surface area contributed by atoms with Crippen LogP contribution in [0.1, 0.15) is 18.4 Å². The maximum absolute atomic E-state index is 9.71. The largest absolute Gasteiger partial charge is 0.492 e. The fourth-order valence-corrected chi connectivity index (χ4v) is 3.93. The number of nitrogens with zero attached hydrogens (tertiary/aromatic N) is 3. The van der Waals surface area contributed by atoms with Crippen molar-refractivity contribution in [2.24, 2.45) is 5.92 Å². The van der Waals surface area contributed by atoms with E-state index in [4.69, 9.17) is 4.74 Å². The molecule has 0 radical (unpaired) electrons. The van der Waals surface area contributed by atoms with Gasteiger partial charge in [0.1, 0.15) is 18.2 Å². The van der Waals surface area contributed by atoms with Crippen molar-refractivity contribution in [3.8, 4) is 16.9 Å². The highest BCUT2D eigenvalue weighted by Crippen LogP contribution is 2.34. The van der Waals surface area contributed by atoms with Gasteiger partial charge in [-0.3, -0.25) is 10.2 Å². The zero-order chi connectivity index (χ0) is 18.9. The first kappa shape index (κ1) is 17.7. The topological polar surface area (TPSA) is 74.6 Å². The molecule has 7 nitrogen and oxygen atoms in total. The Morgan fingerprint density at radius 1 is 1.21 bits per heavy atom. The molecule has 1 unspecified atom stereocenters. The number of aliphatic hydroxyl groups excluding tert-OH is 1. The Morgan fingerprint density at radius 2 is 2.14 bits per heavy atom. The predicted molar refractivity (Wildman–Crippen MR) is 109 cm³/mol. The maximum Gasteiger partial charge on any atom is 0.138 e. The van der Waals surface area contributed by atoms with Crippen molar-refractivity contribution in [1.29, 1.82) is 0 Å². The Morgan fingerprint density at radius 3 is 3.00 bits per heavy atom. The quantitative estimate of drug-likeness (QED) is 0.755. The van der Waals surface area contributed by atoms with Gasteiger partial charge in [0, 0.05) is 37.9 Å². The number of hydrogen-bond acceptors (Lipinski definition) is 6. The van der Waals surface area contributed by atoms with E-state index in [0.717, 1.165) is 60.4 Å². The highest BCUT2D eigenvalue weighted by molar-refractivity contribution is 5.78. The molecule has 148 valence electrons. The summed E-state index contributed by atoms with van der Waals surface area (Å²) >= 11 is 0. The molecule has 2 aliphatic heterocycles. The number of hydrogen-bond donors (Lipinski definition) is 3. The van der Waals surface area contributed by atoms with Crippen LogP contribution in [0.2, 0.25) is 0 Å². The Hall–Kier alpha value is -2.35. The van der Waals surface area contributed by atoms with Gasteiger partial charge in [-0.15, -0.1) is 0 Å². The zero-order valence-electron chi connectivity index (χ0n) is 16.0. The standard InChI is InChI=1S/C21H27N5O2/c27-14-16-9-17-11-18(10-16)28-8-7-25(13-15-1-2-15)6-4-22-20-3-5-26-21(24-20)19(17)12-23-26/h3,5,9-12,15,20,22,24,27H,1-2,4,6-8,13-14H2. The van der Waals surface area contributed by atoms with E-state index in [0.29, 0.717) is 6.61 Å². The first-order valence-electron chi connectivity index (χ1n) is 10.1. The van der Waals surface area contributed by atoms with Crippen LogP contribution in [0.4, 0.5) is 5.82 Å². The molecule has 1 aromatic carbocycles. The molecule has 1 fully saturated rings. The third kappa shape index (κ3) is 3.78. The molecule has 3 heterocycles. The molecule has 1 saturated carbocycles. The van der Waals surface area contributed by atoms with E-state index < -0.39 is 0 Å². The lowest BCUT2D eigenvalue weighted by atomic mass is 10.0. The molecule has 3 N–H and O–H groups in total. The zero-order valence-corrected chi connectivity index (χ0v) is 16.0. The van der Waals surface area contributed by atoms with Gasteiger partial charge in [0.05, 0.1) is 19.0 Å². The van der Waals surface area contributed by atoms with E-state index in [1.165, 1.54) is 12.8 Å². The van der Waals surface area contributed by atoms with Gasteiger partial charge in [0.15, 0.2) is 0 Å². The summed E-state index contributed by atoms with van der Waals surface area (Å²) in [4.78, 5) is 2.50. The normalized spacial score (nSPS) is 22.2. The van der Waals surface area contributed by atoms with Crippen LogP contribution in [0.5, 0.6) is 5.75 Å². The second-order valence-corrected chi connectivity index (χ2v) is 7.89. The minimum atomic E-state index is -0.0149. The average Bonchev–Trinajstić information content (AvgIpc) is 3.42. The number of aliphatic hydroxyl groups is 1. The van der Waals surface area contributed by atoms with E-state index in [2.05, 4.69) is 26.7 Å². The monoisotopic (exact) mass is 381 g/mol. The Balaban J connectivity index is 1.47. The summed E-state index contributed by atoms with van der Waals surface area (Å²) in [6.45, 7) is 4.61. The molecular weight excluding hydrogens is 354 g/mol. The van der Waals surface area contributed by atoms with Crippen molar-refractivity contribution in [2.75, 3.05) is 38.1 Å². The molecule has 1 aromatic heterocycles. The number of nitrogens with one attached hydrogen (secondary N) is 2. The van der Waals surface area contributed by atoms with Crippen molar-refractivity contribution >= 4 is 12.0 Å². The van der Waals surface area contributed by atoms with Gasteiger partial charge < -0.3 is 15.2 Å². The lowest BCUT2D eigenvalue weighted by Crippen LogP contribution is -2.43. The number of anilines is 1. The summed E-state index contributed by atoms with van der Waals surface area (Å²) in [5.74, 6) is 2.60. The fraction of sp³-hybridized carbons (Fsp3) is 0.476. The molecule has 1 aliphatic carbocycles. The Kier molecular flexibility index (Phi) is 4.80. The van der Waals surface area contributed by atoms with Gasteiger partial charge in [0.2, 0.25) is 0 Å². The van der Waals surface area contributed by atoms with Crippen LogP contribution in [-0.4, -0.2) is 58.7 Å². The van der Waals surface area contributed by atoms with Crippen molar-refractivity contribution in [2.45, 2.75) is 25.6 Å². The van der Waals surface area contributed by atoms with Crippen LogP contribution in [-0.2, 0) is 6.61 Å². The number of fused-ring (bicyclic) bond motifs is 4. The van der Waals surface area contributed by atoms with Crippen LogP contribution in [0.15, 0.2) is 30.5 Å². The first-order chi connectivity index (χ1) is 13.8. The molecular formula is C21H27N5O2. The molecule has 7 heteroatoms. The SMILES string of the molecule is OCc1cc2cc(c1)-c1cnn3c1NC(C=C3)NCCN(CC1CC1)CCO2. The molecule has 2 aromatic rings. The highest BCUT2D eigenvalue weighted by Gasteiger charge is 2.25. The van der Waals surface area contributed by atoms with E-state index in [9.17, 15) is 5.11 Å². The third-order valence-electron chi connectivity index (χ3n) is 5.65. The maximum atomic E-state index is 9.71. The average molecular weight is 381 g/mol. The first-order valence-corrected chi connectivity index (χ1v) is 10.1. The van der Waals surface area contributed by atoms with E-state index in [1.54, 1.807) is 0 Å². The molecule has 0 spiro atoms. The van der Waals surface area contributed by atoms with Gasteiger partial charge in [-0.05, 0) is 54.2 Å². The lowest BCUT2D eigenvalue weighted by Gasteiger charge is -2.27. The molecule has 3 aliphatic rings. The summed E-state index contributed by atoms with van der Waals surface area (Å²) in [7, 11) is 0. The number of ether oxygens (including phenoxy) is 1. The van der Waals surface area contributed by atoms with Gasteiger partial charge in [-0.1, -0.05) is 0 Å². The highest BCUT2D eigenvalue weighted by atomic mass is 16.5. The Labute approximate surface area is 165 Å². The Bertz CT molecular complexity index is 874. The molecule has 4 bridgehead atoms.